The molecule has 3 nitrogen and oxygen atoms in total. The van der Waals surface area contributed by atoms with Crippen LogP contribution in [-0.2, 0) is 0 Å². The van der Waals surface area contributed by atoms with Crippen LogP contribution in [0.5, 0.6) is 5.75 Å². The molecular weight excluding hydrogens is 251 g/mol. The van der Waals surface area contributed by atoms with Crippen molar-refractivity contribution in [2.75, 3.05) is 30.5 Å². The molecule has 5 heteroatoms. The molecule has 102 valence electrons. The highest BCUT2D eigenvalue weighted by atomic mass is 32.2. The van der Waals surface area contributed by atoms with E-state index < -0.39 is 5.82 Å². The number of thioether (sulfide) groups is 1. The first-order valence-electron chi connectivity index (χ1n) is 6.07. The number of hydrogen-bond acceptors (Lipinski definition) is 4. The van der Waals surface area contributed by atoms with Crippen LogP contribution in [-0.4, -0.2) is 24.7 Å². The second kappa shape index (κ2) is 7.36. The third-order valence-electron chi connectivity index (χ3n) is 2.67. The fraction of sp³-hybridized carbons (Fsp3) is 0.538. The molecule has 0 spiro atoms. The number of anilines is 2. The number of nitrogens with two attached hydrogens (primary N) is 1. The average molecular weight is 272 g/mol. The normalized spacial score (nSPS) is 12.2. The lowest BCUT2D eigenvalue weighted by Gasteiger charge is -2.14. The maximum atomic E-state index is 13.5. The van der Waals surface area contributed by atoms with Crippen LogP contribution in [0, 0.1) is 5.82 Å². The van der Waals surface area contributed by atoms with Crippen LogP contribution in [0.2, 0.25) is 0 Å². The number of nitrogens with one attached hydrogen (secondary N) is 1. The number of hydrogen-bond donors (Lipinski definition) is 2. The summed E-state index contributed by atoms with van der Waals surface area (Å²) in [7, 11) is 0. The molecule has 0 aliphatic carbocycles. The molecule has 0 fully saturated rings. The van der Waals surface area contributed by atoms with Crippen molar-refractivity contribution in [1.82, 2.24) is 0 Å². The van der Waals surface area contributed by atoms with Gasteiger partial charge in [-0.15, -0.1) is 0 Å². The zero-order valence-corrected chi connectivity index (χ0v) is 11.9. The predicted molar refractivity (Wildman–Crippen MR) is 78.1 cm³/mol. The fourth-order valence-corrected chi connectivity index (χ4v) is 1.87. The van der Waals surface area contributed by atoms with Crippen LogP contribution >= 0.6 is 11.8 Å². The molecule has 0 saturated heterocycles. The Balaban J connectivity index is 2.67. The minimum absolute atomic E-state index is 0.243. The summed E-state index contributed by atoms with van der Waals surface area (Å²) in [6, 6.07) is 2.92. The number of rotatable bonds is 7. The van der Waals surface area contributed by atoms with Crippen LogP contribution < -0.4 is 15.8 Å². The van der Waals surface area contributed by atoms with Crippen LogP contribution in [0.25, 0.3) is 0 Å². The highest BCUT2D eigenvalue weighted by Gasteiger charge is 2.09. The van der Waals surface area contributed by atoms with Gasteiger partial charge in [-0.25, -0.2) is 4.39 Å². The first kappa shape index (κ1) is 15.0. The van der Waals surface area contributed by atoms with Gasteiger partial charge in [-0.3, -0.25) is 0 Å². The molecule has 18 heavy (non-hydrogen) atoms. The third kappa shape index (κ3) is 4.29. The Bertz CT molecular complexity index is 387. The van der Waals surface area contributed by atoms with Crippen molar-refractivity contribution in [3.05, 3.63) is 17.9 Å². The monoisotopic (exact) mass is 272 g/mol. The number of halogens is 1. The van der Waals surface area contributed by atoms with Gasteiger partial charge in [-0.2, -0.15) is 11.8 Å². The second-order valence-electron chi connectivity index (χ2n) is 4.06. The van der Waals surface area contributed by atoms with E-state index in [0.717, 1.165) is 18.7 Å². The van der Waals surface area contributed by atoms with Crippen molar-refractivity contribution in [2.45, 2.75) is 25.5 Å². The molecule has 1 atom stereocenters. The van der Waals surface area contributed by atoms with Gasteiger partial charge in [0.15, 0.2) is 11.6 Å². The van der Waals surface area contributed by atoms with Gasteiger partial charge in [0.2, 0.25) is 0 Å². The van der Waals surface area contributed by atoms with Crippen molar-refractivity contribution in [1.29, 1.82) is 0 Å². The van der Waals surface area contributed by atoms with E-state index in [1.165, 1.54) is 6.07 Å². The van der Waals surface area contributed by atoms with Gasteiger partial charge in [-0.1, -0.05) is 6.92 Å². The Morgan fingerprint density at radius 1 is 1.50 bits per heavy atom. The van der Waals surface area contributed by atoms with Gasteiger partial charge >= 0.3 is 0 Å². The van der Waals surface area contributed by atoms with Crippen molar-refractivity contribution < 1.29 is 9.13 Å². The fourth-order valence-electron chi connectivity index (χ4n) is 1.52. The Morgan fingerprint density at radius 2 is 2.22 bits per heavy atom. The van der Waals surface area contributed by atoms with Crippen molar-refractivity contribution >= 4 is 23.1 Å². The summed E-state index contributed by atoms with van der Waals surface area (Å²) < 4.78 is 18.7. The molecule has 1 aromatic rings. The SMILES string of the molecule is CCOc1cc(NCCC(C)SC)c(N)cc1F. The van der Waals surface area contributed by atoms with Gasteiger partial charge in [0.05, 0.1) is 18.0 Å². The highest BCUT2D eigenvalue weighted by Crippen LogP contribution is 2.28. The smallest absolute Gasteiger partial charge is 0.167 e. The van der Waals surface area contributed by atoms with Crippen LogP contribution in [0.4, 0.5) is 15.8 Å². The summed E-state index contributed by atoms with van der Waals surface area (Å²) in [6.45, 7) is 5.24. The molecule has 0 amide bonds. The molecule has 0 radical (unpaired) electrons. The lowest BCUT2D eigenvalue weighted by atomic mass is 10.2. The van der Waals surface area contributed by atoms with E-state index in [2.05, 4.69) is 18.5 Å². The van der Waals surface area contributed by atoms with Crippen LogP contribution in [0.1, 0.15) is 20.3 Å². The summed E-state index contributed by atoms with van der Waals surface area (Å²) in [5.74, 6) is -0.176. The van der Waals surface area contributed by atoms with Gasteiger partial charge in [0.25, 0.3) is 0 Å². The van der Waals surface area contributed by atoms with E-state index in [4.69, 9.17) is 10.5 Å². The van der Waals surface area contributed by atoms with E-state index >= 15 is 0 Å². The third-order valence-corrected chi connectivity index (χ3v) is 3.71. The molecule has 1 aromatic carbocycles. The molecule has 0 bridgehead atoms. The minimum Gasteiger partial charge on any atom is -0.491 e. The van der Waals surface area contributed by atoms with E-state index in [0.29, 0.717) is 17.5 Å². The van der Waals surface area contributed by atoms with Crippen LogP contribution in [0.15, 0.2) is 12.1 Å². The van der Waals surface area contributed by atoms with Gasteiger partial charge in [0.1, 0.15) is 0 Å². The standard InChI is InChI=1S/C13H21FN2OS/c1-4-17-13-8-12(11(15)7-10(13)14)16-6-5-9(2)18-3/h7-9,16H,4-6,15H2,1-3H3. The summed E-state index contributed by atoms with van der Waals surface area (Å²) in [4.78, 5) is 0. The maximum absolute atomic E-state index is 13.5. The lowest BCUT2D eigenvalue weighted by Crippen LogP contribution is -2.09. The van der Waals surface area contributed by atoms with E-state index in [1.807, 2.05) is 18.7 Å². The van der Waals surface area contributed by atoms with E-state index in [1.54, 1.807) is 6.07 Å². The largest absolute Gasteiger partial charge is 0.491 e. The quantitative estimate of drug-likeness (QED) is 0.747. The summed E-state index contributed by atoms with van der Waals surface area (Å²) in [5.41, 5.74) is 6.91. The summed E-state index contributed by atoms with van der Waals surface area (Å²) in [6.07, 6.45) is 3.12. The van der Waals surface area contributed by atoms with Gasteiger partial charge in [0, 0.05) is 23.9 Å². The van der Waals surface area contributed by atoms with Gasteiger partial charge < -0.3 is 15.8 Å². The molecule has 1 unspecified atom stereocenters. The highest BCUT2D eigenvalue weighted by molar-refractivity contribution is 7.99. The molecule has 0 saturated carbocycles. The van der Waals surface area contributed by atoms with Crippen molar-refractivity contribution in [2.24, 2.45) is 0 Å². The number of nitrogen functional groups attached to an aromatic ring is 1. The van der Waals surface area contributed by atoms with Crippen molar-refractivity contribution in [3.8, 4) is 5.75 Å². The first-order chi connectivity index (χ1) is 8.58. The second-order valence-corrected chi connectivity index (χ2v) is 5.34. The minimum atomic E-state index is -0.419. The maximum Gasteiger partial charge on any atom is 0.167 e. The molecule has 1 rings (SSSR count). The first-order valence-corrected chi connectivity index (χ1v) is 7.35. The van der Waals surface area contributed by atoms with Gasteiger partial charge in [-0.05, 0) is 19.6 Å². The number of ether oxygens (including phenoxy) is 1. The van der Waals surface area contributed by atoms with E-state index in [-0.39, 0.29) is 5.75 Å². The lowest BCUT2D eigenvalue weighted by molar-refractivity contribution is 0.322. The molecule has 3 N–H and O–H groups in total. The van der Waals surface area contributed by atoms with Crippen molar-refractivity contribution in [3.63, 3.8) is 0 Å². The Kier molecular flexibility index (Phi) is 6.12. The Hall–Kier alpha value is -1.10. The zero-order chi connectivity index (χ0) is 13.5. The molecular formula is C13H21FN2OS. The Labute approximate surface area is 112 Å². The average Bonchev–Trinajstić information content (AvgIpc) is 2.34. The molecule has 0 aliphatic rings. The molecule has 0 heterocycles. The van der Waals surface area contributed by atoms with Crippen LogP contribution in [0.3, 0.4) is 0 Å². The molecule has 0 aromatic heterocycles. The topological polar surface area (TPSA) is 47.3 Å². The predicted octanol–water partition coefficient (Wildman–Crippen LogP) is 3.36. The zero-order valence-electron chi connectivity index (χ0n) is 11.1. The number of benzene rings is 1. The summed E-state index contributed by atoms with van der Waals surface area (Å²) in [5, 5.41) is 3.81. The molecule has 0 aliphatic heterocycles. The summed E-state index contributed by atoms with van der Waals surface area (Å²) >= 11 is 1.82. The Morgan fingerprint density at radius 3 is 2.83 bits per heavy atom. The van der Waals surface area contributed by atoms with E-state index in [9.17, 15) is 4.39 Å².